The van der Waals surface area contributed by atoms with Gasteiger partial charge in [0.25, 0.3) is 0 Å². The maximum Gasteiger partial charge on any atom is 0.737 e. The van der Waals surface area contributed by atoms with Crippen LogP contribution >= 0.6 is 11.3 Å². The Morgan fingerprint density at radius 1 is 1.37 bits per heavy atom. The van der Waals surface area contributed by atoms with Crippen molar-refractivity contribution in [3.8, 4) is 0 Å². The summed E-state index contributed by atoms with van der Waals surface area (Å²) in [6.45, 7) is -3.81. The van der Waals surface area contributed by atoms with Crippen LogP contribution in [0.15, 0.2) is 47.1 Å². The quantitative estimate of drug-likeness (QED) is 0.733. The number of thiazole rings is 1. The minimum atomic E-state index is -3.81. The largest absolute Gasteiger partial charge is 0.737 e. The predicted molar refractivity (Wildman–Crippen MR) is 71.4 cm³/mol. The van der Waals surface area contributed by atoms with Gasteiger partial charge in [0.15, 0.2) is 5.70 Å². The van der Waals surface area contributed by atoms with Crippen LogP contribution in [0.25, 0.3) is 5.57 Å². The molecule has 0 fully saturated rings. The van der Waals surface area contributed by atoms with E-state index in [2.05, 4.69) is 4.98 Å². The summed E-state index contributed by atoms with van der Waals surface area (Å²) < 4.78 is 30.9. The molecule has 0 unspecified atom stereocenters. The van der Waals surface area contributed by atoms with Crippen LogP contribution in [0.3, 0.4) is 0 Å². The number of aromatic nitrogens is 2. The molecule has 0 N–H and O–H groups in total. The lowest BCUT2D eigenvalue weighted by Crippen LogP contribution is -2.49. The summed E-state index contributed by atoms with van der Waals surface area (Å²) >= 11 is 1.45. The van der Waals surface area contributed by atoms with Crippen molar-refractivity contribution < 1.29 is 13.1 Å². The summed E-state index contributed by atoms with van der Waals surface area (Å²) in [6, 6.07) is 3.35. The zero-order valence-corrected chi connectivity index (χ0v) is 10.5. The summed E-state index contributed by atoms with van der Waals surface area (Å²) in [4.78, 5) is 4.26. The molecule has 19 heavy (non-hydrogen) atoms. The lowest BCUT2D eigenvalue weighted by molar-refractivity contribution is -0.356. The molecule has 94 valence electrons. The molecule has 0 saturated heterocycles. The fraction of sp³-hybridized carbons (Fsp3) is 0. The first-order chi connectivity index (χ1) is 9.19. The molecule has 0 spiro atoms. The zero-order chi connectivity index (χ0) is 13.0. The number of hydrogen-bond acceptors (Lipinski definition) is 2. The first-order valence-corrected chi connectivity index (χ1v) is 6.76. The van der Waals surface area contributed by atoms with E-state index >= 15 is 0 Å². The summed E-state index contributed by atoms with van der Waals surface area (Å²) in [5.41, 5.74) is 4.23. The smallest absolute Gasteiger partial charge is 0.396 e. The van der Waals surface area contributed by atoms with Crippen LogP contribution in [0.4, 0.5) is 8.63 Å². The molecular weight excluding hydrogens is 267 g/mol. The second kappa shape index (κ2) is 3.51. The number of hydrogen-bond donors (Lipinski definition) is 0. The minimum Gasteiger partial charge on any atom is -0.396 e. The Balaban J connectivity index is 2.09. The lowest BCUT2D eigenvalue weighted by atomic mass is 9.88. The number of allylic oxidation sites excluding steroid dienone is 2. The average Bonchev–Trinajstić information content (AvgIpc) is 3.11. The van der Waals surface area contributed by atoms with E-state index in [1.165, 1.54) is 23.7 Å². The van der Waals surface area contributed by atoms with Gasteiger partial charge in [-0.2, -0.15) is 0 Å². The molecule has 0 atom stereocenters. The van der Waals surface area contributed by atoms with Gasteiger partial charge in [0.05, 0.1) is 16.8 Å². The van der Waals surface area contributed by atoms with E-state index in [9.17, 15) is 8.63 Å². The van der Waals surface area contributed by atoms with Crippen LogP contribution in [0, 0.1) is 0 Å². The number of fused-ring (bicyclic) bond motifs is 2. The van der Waals surface area contributed by atoms with Crippen LogP contribution in [-0.2, 0) is 0 Å². The molecule has 7 heteroatoms. The Labute approximate surface area is 111 Å². The molecule has 0 aromatic carbocycles. The average molecular weight is 275 g/mol. The predicted octanol–water partition coefficient (Wildman–Crippen LogP) is 2.59. The Hall–Kier alpha value is -2.02. The standard InChI is InChI=1S/C12H8BF2N3S/c14-13(15)17-5-1-3-10(17)12(9-7-19-8-16-9)11-4-2-6-18(11)13/h1-8H. The fourth-order valence-corrected chi connectivity index (χ4v) is 3.16. The second-order valence-electron chi connectivity index (χ2n) is 4.44. The van der Waals surface area contributed by atoms with Crippen molar-refractivity contribution in [3.63, 3.8) is 0 Å². The van der Waals surface area contributed by atoms with Gasteiger partial charge in [0, 0.05) is 23.2 Å². The third kappa shape index (κ3) is 1.30. The third-order valence-electron chi connectivity index (χ3n) is 3.43. The molecule has 0 aliphatic carbocycles. The first-order valence-electron chi connectivity index (χ1n) is 5.82. The monoisotopic (exact) mass is 275 g/mol. The third-order valence-corrected chi connectivity index (χ3v) is 4.01. The van der Waals surface area contributed by atoms with E-state index in [0.29, 0.717) is 11.4 Å². The van der Waals surface area contributed by atoms with Gasteiger partial charge < -0.3 is 17.6 Å². The van der Waals surface area contributed by atoms with Crippen molar-refractivity contribution >= 4 is 30.1 Å². The first kappa shape index (κ1) is 10.9. The Kier molecular flexibility index (Phi) is 2.01. The minimum absolute atomic E-state index is 0.516. The van der Waals surface area contributed by atoms with E-state index in [0.717, 1.165) is 20.2 Å². The normalized spacial score (nSPS) is 19.4. The van der Waals surface area contributed by atoms with Crippen molar-refractivity contribution in [3.05, 3.63) is 58.5 Å². The van der Waals surface area contributed by atoms with Gasteiger partial charge in [-0.25, -0.2) is 4.98 Å². The van der Waals surface area contributed by atoms with Crippen LogP contribution in [-0.4, -0.2) is 27.1 Å². The molecule has 0 amide bonds. The van der Waals surface area contributed by atoms with Crippen molar-refractivity contribution in [2.24, 2.45) is 0 Å². The number of halogens is 2. The Morgan fingerprint density at radius 2 is 2.26 bits per heavy atom. The van der Waals surface area contributed by atoms with E-state index in [4.69, 9.17) is 0 Å². The molecular formula is C12H8BF2N3S. The summed E-state index contributed by atoms with van der Waals surface area (Å²) in [7, 11) is 0. The van der Waals surface area contributed by atoms with Crippen molar-refractivity contribution in [2.75, 3.05) is 0 Å². The topological polar surface area (TPSA) is 20.8 Å². The highest BCUT2D eigenvalue weighted by molar-refractivity contribution is 7.07. The SMILES string of the molecule is F[B-]1(F)n2cccc2C(c2cscn2)=C2C=CC=[N+]21. The molecule has 2 aliphatic rings. The Bertz CT molecular complexity index is 756. The van der Waals surface area contributed by atoms with Gasteiger partial charge in [-0.1, -0.05) is 0 Å². The van der Waals surface area contributed by atoms with Gasteiger partial charge in [0.1, 0.15) is 6.21 Å². The second-order valence-corrected chi connectivity index (χ2v) is 5.16. The highest BCUT2D eigenvalue weighted by Gasteiger charge is 2.51. The molecule has 4 heterocycles. The maximum atomic E-state index is 14.4. The molecule has 4 rings (SSSR count). The lowest BCUT2D eigenvalue weighted by Gasteiger charge is -2.30. The van der Waals surface area contributed by atoms with Crippen LogP contribution in [0.1, 0.15) is 11.4 Å². The fourth-order valence-electron chi connectivity index (χ4n) is 2.62. The molecule has 0 saturated carbocycles. The van der Waals surface area contributed by atoms with Gasteiger partial charge >= 0.3 is 6.97 Å². The molecule has 0 bridgehead atoms. The molecule has 3 nitrogen and oxygen atoms in total. The van der Waals surface area contributed by atoms with E-state index in [-0.39, 0.29) is 0 Å². The van der Waals surface area contributed by atoms with Crippen molar-refractivity contribution in [1.29, 1.82) is 0 Å². The van der Waals surface area contributed by atoms with E-state index < -0.39 is 6.97 Å². The van der Waals surface area contributed by atoms with Crippen molar-refractivity contribution in [2.45, 2.75) is 0 Å². The maximum absolute atomic E-state index is 14.4. The zero-order valence-electron chi connectivity index (χ0n) is 9.70. The number of nitrogens with zero attached hydrogens (tertiary/aromatic N) is 3. The van der Waals surface area contributed by atoms with Gasteiger partial charge in [0.2, 0.25) is 0 Å². The van der Waals surface area contributed by atoms with Gasteiger partial charge in [-0.15, -0.1) is 11.3 Å². The van der Waals surface area contributed by atoms with Crippen molar-refractivity contribution in [1.82, 2.24) is 9.46 Å². The highest BCUT2D eigenvalue weighted by Crippen LogP contribution is 2.37. The Morgan fingerprint density at radius 3 is 3.05 bits per heavy atom. The van der Waals surface area contributed by atoms with Crippen LogP contribution in [0.2, 0.25) is 0 Å². The molecule has 2 aliphatic heterocycles. The van der Waals surface area contributed by atoms with Gasteiger partial charge in [-0.05, 0) is 18.3 Å². The molecule has 2 aromatic rings. The molecule has 0 radical (unpaired) electrons. The van der Waals surface area contributed by atoms with Crippen LogP contribution < -0.4 is 0 Å². The highest BCUT2D eigenvalue weighted by atomic mass is 32.1. The molecule has 2 aromatic heterocycles. The number of rotatable bonds is 1. The van der Waals surface area contributed by atoms with E-state index in [1.807, 2.05) is 5.38 Å². The summed E-state index contributed by atoms with van der Waals surface area (Å²) in [5, 5.41) is 1.88. The van der Waals surface area contributed by atoms with E-state index in [1.54, 1.807) is 29.8 Å². The van der Waals surface area contributed by atoms with Crippen LogP contribution in [0.5, 0.6) is 0 Å². The van der Waals surface area contributed by atoms with Gasteiger partial charge in [-0.3, -0.25) is 0 Å². The summed E-state index contributed by atoms with van der Waals surface area (Å²) in [6.07, 6.45) is 6.19. The summed E-state index contributed by atoms with van der Waals surface area (Å²) in [5.74, 6) is 0.